The highest BCUT2D eigenvalue weighted by Crippen LogP contribution is 2.30. The van der Waals surface area contributed by atoms with Gasteiger partial charge in [-0.25, -0.2) is 14.5 Å². The number of carbonyl (C=O) groups is 3. The molecular formula is C23H26N2O4. The number of hydrogen-bond donors (Lipinski definition) is 1. The van der Waals surface area contributed by atoms with Crippen LogP contribution in [0.1, 0.15) is 31.4 Å². The third kappa shape index (κ3) is 4.31. The lowest BCUT2D eigenvalue weighted by Crippen LogP contribution is -2.47. The van der Waals surface area contributed by atoms with E-state index in [0.29, 0.717) is 6.42 Å². The van der Waals surface area contributed by atoms with E-state index in [-0.39, 0.29) is 18.9 Å². The summed E-state index contributed by atoms with van der Waals surface area (Å²) < 4.78 is 0. The smallest absolute Gasteiger partial charge is 0.328 e. The first kappa shape index (κ1) is 20.6. The molecule has 152 valence electrons. The number of rotatable bonds is 8. The van der Waals surface area contributed by atoms with Crippen LogP contribution in [0.5, 0.6) is 0 Å². The molecule has 0 aromatic heterocycles. The molecule has 29 heavy (non-hydrogen) atoms. The minimum Gasteiger partial charge on any atom is -0.480 e. The molecule has 3 amide bonds. The minimum absolute atomic E-state index is 0.0775. The Morgan fingerprint density at radius 1 is 1.00 bits per heavy atom. The lowest BCUT2D eigenvalue weighted by atomic mass is 9.97. The van der Waals surface area contributed by atoms with Crippen molar-refractivity contribution >= 4 is 17.9 Å². The van der Waals surface area contributed by atoms with Gasteiger partial charge in [0, 0.05) is 13.0 Å². The molecule has 2 aromatic carbocycles. The quantitative estimate of drug-likeness (QED) is 0.695. The van der Waals surface area contributed by atoms with E-state index >= 15 is 0 Å². The van der Waals surface area contributed by atoms with E-state index < -0.39 is 30.0 Å². The van der Waals surface area contributed by atoms with Gasteiger partial charge in [-0.15, -0.1) is 0 Å². The zero-order chi connectivity index (χ0) is 21.0. The van der Waals surface area contributed by atoms with Gasteiger partial charge in [-0.3, -0.25) is 4.79 Å². The van der Waals surface area contributed by atoms with E-state index in [4.69, 9.17) is 0 Å². The second-order valence-electron chi connectivity index (χ2n) is 7.48. The molecule has 2 aromatic rings. The standard InChI is InChI=1S/C23H26N2O4/c1-3-16(2)20-21(26)25(19(22(27)28)14-17-10-6-4-7-11-17)23(29)24(20)15-18-12-8-5-9-13-18/h4-13,16,19-20H,3,14-15H2,1-2H3,(H,27,28). The van der Waals surface area contributed by atoms with Gasteiger partial charge in [0.05, 0.1) is 0 Å². The zero-order valence-electron chi connectivity index (χ0n) is 16.7. The molecule has 1 fully saturated rings. The van der Waals surface area contributed by atoms with Crippen LogP contribution in [-0.2, 0) is 22.6 Å². The van der Waals surface area contributed by atoms with Gasteiger partial charge >= 0.3 is 12.0 Å². The summed E-state index contributed by atoms with van der Waals surface area (Å²) in [6, 6.07) is 16.1. The van der Waals surface area contributed by atoms with Crippen molar-refractivity contribution in [1.29, 1.82) is 0 Å². The van der Waals surface area contributed by atoms with Gasteiger partial charge in [0.25, 0.3) is 5.91 Å². The molecule has 1 aliphatic rings. The number of urea groups is 1. The average Bonchev–Trinajstić information content (AvgIpc) is 2.96. The highest BCUT2D eigenvalue weighted by molar-refractivity contribution is 6.07. The average molecular weight is 394 g/mol. The largest absolute Gasteiger partial charge is 0.480 e. The molecule has 6 nitrogen and oxygen atoms in total. The topological polar surface area (TPSA) is 77.9 Å². The first-order valence-corrected chi connectivity index (χ1v) is 9.88. The van der Waals surface area contributed by atoms with Crippen LogP contribution in [-0.4, -0.2) is 44.9 Å². The van der Waals surface area contributed by atoms with Crippen molar-refractivity contribution in [2.75, 3.05) is 0 Å². The lowest BCUT2D eigenvalue weighted by Gasteiger charge is -2.26. The predicted molar refractivity (Wildman–Crippen MR) is 109 cm³/mol. The van der Waals surface area contributed by atoms with Gasteiger partial charge in [0.1, 0.15) is 12.1 Å². The Balaban J connectivity index is 1.93. The fraction of sp³-hybridized carbons (Fsp3) is 0.348. The molecule has 1 N–H and O–H groups in total. The highest BCUT2D eigenvalue weighted by Gasteiger charge is 2.51. The number of carboxylic acids is 1. The molecular weight excluding hydrogens is 368 g/mol. The monoisotopic (exact) mass is 394 g/mol. The fourth-order valence-corrected chi connectivity index (χ4v) is 3.76. The summed E-state index contributed by atoms with van der Waals surface area (Å²) in [5.74, 6) is -1.69. The Morgan fingerprint density at radius 3 is 2.07 bits per heavy atom. The second kappa shape index (κ2) is 8.90. The van der Waals surface area contributed by atoms with Gasteiger partial charge in [0.15, 0.2) is 0 Å². The minimum atomic E-state index is -1.23. The molecule has 0 aliphatic carbocycles. The van der Waals surface area contributed by atoms with Crippen molar-refractivity contribution in [3.05, 3.63) is 71.8 Å². The fourth-order valence-electron chi connectivity index (χ4n) is 3.76. The van der Waals surface area contributed by atoms with Gasteiger partial charge in [0.2, 0.25) is 0 Å². The van der Waals surface area contributed by atoms with Crippen molar-refractivity contribution in [2.45, 2.75) is 45.3 Å². The van der Waals surface area contributed by atoms with Crippen LogP contribution < -0.4 is 0 Å². The molecule has 3 atom stereocenters. The van der Waals surface area contributed by atoms with Crippen LogP contribution in [0.25, 0.3) is 0 Å². The van der Waals surface area contributed by atoms with E-state index in [1.54, 1.807) is 12.1 Å². The van der Waals surface area contributed by atoms with Gasteiger partial charge < -0.3 is 10.0 Å². The summed E-state index contributed by atoms with van der Waals surface area (Å²) in [4.78, 5) is 41.0. The summed E-state index contributed by atoms with van der Waals surface area (Å²) in [5.41, 5.74) is 1.67. The van der Waals surface area contributed by atoms with Crippen molar-refractivity contribution < 1.29 is 19.5 Å². The van der Waals surface area contributed by atoms with Crippen LogP contribution in [0.15, 0.2) is 60.7 Å². The Morgan fingerprint density at radius 2 is 1.55 bits per heavy atom. The number of carboxylic acid groups (broad SMARTS) is 1. The van der Waals surface area contributed by atoms with Crippen LogP contribution in [0.2, 0.25) is 0 Å². The molecule has 3 rings (SSSR count). The van der Waals surface area contributed by atoms with Crippen LogP contribution in [0.4, 0.5) is 4.79 Å². The number of amides is 3. The predicted octanol–water partition coefficient (Wildman–Crippen LogP) is 3.56. The van der Waals surface area contributed by atoms with Crippen molar-refractivity contribution in [2.24, 2.45) is 5.92 Å². The maximum atomic E-state index is 13.3. The maximum Gasteiger partial charge on any atom is 0.328 e. The van der Waals surface area contributed by atoms with Crippen molar-refractivity contribution in [3.63, 3.8) is 0 Å². The number of carbonyl (C=O) groups excluding carboxylic acids is 2. The van der Waals surface area contributed by atoms with E-state index in [0.717, 1.165) is 16.0 Å². The molecule has 1 aliphatic heterocycles. The normalized spacial score (nSPS) is 18.8. The lowest BCUT2D eigenvalue weighted by molar-refractivity contribution is -0.147. The van der Waals surface area contributed by atoms with E-state index in [1.807, 2.05) is 62.4 Å². The highest BCUT2D eigenvalue weighted by atomic mass is 16.4. The molecule has 1 heterocycles. The van der Waals surface area contributed by atoms with E-state index in [1.165, 1.54) is 4.90 Å². The van der Waals surface area contributed by atoms with Gasteiger partial charge in [-0.1, -0.05) is 80.9 Å². The number of hydrogen-bond acceptors (Lipinski definition) is 3. The number of imide groups is 1. The summed E-state index contributed by atoms with van der Waals surface area (Å²) >= 11 is 0. The molecule has 3 unspecified atom stereocenters. The van der Waals surface area contributed by atoms with Crippen LogP contribution in [0.3, 0.4) is 0 Å². The third-order valence-electron chi connectivity index (χ3n) is 5.53. The van der Waals surface area contributed by atoms with Gasteiger partial charge in [-0.05, 0) is 17.0 Å². The summed E-state index contributed by atoms with van der Waals surface area (Å²) in [6.07, 6.45) is 0.791. The Hall–Kier alpha value is -3.15. The number of aliphatic carboxylic acids is 1. The summed E-state index contributed by atoms with van der Waals surface area (Å²) in [5, 5.41) is 9.82. The maximum absolute atomic E-state index is 13.3. The van der Waals surface area contributed by atoms with Gasteiger partial charge in [-0.2, -0.15) is 0 Å². The van der Waals surface area contributed by atoms with E-state index in [2.05, 4.69) is 0 Å². The summed E-state index contributed by atoms with van der Waals surface area (Å²) in [7, 11) is 0. The van der Waals surface area contributed by atoms with Crippen LogP contribution >= 0.6 is 0 Å². The second-order valence-corrected chi connectivity index (χ2v) is 7.48. The zero-order valence-corrected chi connectivity index (χ0v) is 16.7. The molecule has 0 radical (unpaired) electrons. The molecule has 0 saturated carbocycles. The number of nitrogens with zero attached hydrogens (tertiary/aromatic N) is 2. The molecule has 6 heteroatoms. The van der Waals surface area contributed by atoms with Crippen LogP contribution in [0, 0.1) is 5.92 Å². The summed E-state index contributed by atoms with van der Waals surface area (Å²) in [6.45, 7) is 4.16. The van der Waals surface area contributed by atoms with E-state index in [9.17, 15) is 19.5 Å². The van der Waals surface area contributed by atoms with Crippen molar-refractivity contribution in [1.82, 2.24) is 9.80 Å². The third-order valence-corrected chi connectivity index (χ3v) is 5.53. The molecule has 0 spiro atoms. The Bertz CT molecular complexity index is 869. The molecule has 0 bridgehead atoms. The Labute approximate surface area is 170 Å². The van der Waals surface area contributed by atoms with Crippen molar-refractivity contribution in [3.8, 4) is 0 Å². The SMILES string of the molecule is CCC(C)C1C(=O)N(C(Cc2ccccc2)C(=O)O)C(=O)N1Cc1ccccc1. The first-order valence-electron chi connectivity index (χ1n) is 9.88. The Kier molecular flexibility index (Phi) is 6.32. The number of benzene rings is 2. The molecule has 1 saturated heterocycles. The first-order chi connectivity index (χ1) is 13.9.